The average molecular weight is 417 g/mol. The summed E-state index contributed by atoms with van der Waals surface area (Å²) in [5.74, 6) is -0.235. The topological polar surface area (TPSA) is 118 Å². The Bertz CT molecular complexity index is 1220. The molecule has 1 amide bonds. The zero-order valence-electron chi connectivity index (χ0n) is 16.0. The normalized spacial score (nSPS) is 10.5. The lowest BCUT2D eigenvalue weighted by Gasteiger charge is -2.10. The van der Waals surface area contributed by atoms with E-state index in [1.807, 2.05) is 41.8 Å². The van der Waals surface area contributed by atoms with Gasteiger partial charge in [0.15, 0.2) is 5.96 Å². The molecular formula is C22H20N6OS. The fourth-order valence-electron chi connectivity index (χ4n) is 3.11. The van der Waals surface area contributed by atoms with E-state index in [1.54, 1.807) is 30.5 Å². The monoisotopic (exact) mass is 416 g/mol. The number of benzene rings is 2. The standard InChI is InChI=1S/C22H20N6OS/c23-22(24)28-16-5-3-4-15(12-16)27-21(29)20-19(9-11-30-20)26-13-14-8-10-25-18-7-2-1-6-17(14)18/h1-12,26H,13H2,(H,27,29)(H4,23,24,28). The number of pyridine rings is 1. The largest absolute Gasteiger partial charge is 0.380 e. The number of hydrogen-bond acceptors (Lipinski definition) is 5. The molecule has 0 radical (unpaired) electrons. The molecule has 7 nitrogen and oxygen atoms in total. The van der Waals surface area contributed by atoms with Gasteiger partial charge in [-0.2, -0.15) is 0 Å². The van der Waals surface area contributed by atoms with E-state index in [2.05, 4.69) is 20.6 Å². The van der Waals surface area contributed by atoms with Gasteiger partial charge in [-0.15, -0.1) is 11.3 Å². The van der Waals surface area contributed by atoms with Gasteiger partial charge < -0.3 is 22.1 Å². The number of para-hydroxylation sites is 1. The van der Waals surface area contributed by atoms with Crippen LogP contribution < -0.4 is 22.1 Å². The van der Waals surface area contributed by atoms with Crippen LogP contribution >= 0.6 is 11.3 Å². The maximum atomic E-state index is 12.8. The number of guanidine groups is 1. The molecule has 4 aromatic rings. The number of nitrogens with zero attached hydrogens (tertiary/aromatic N) is 2. The van der Waals surface area contributed by atoms with Crippen LogP contribution in [-0.2, 0) is 6.54 Å². The Labute approximate surface area is 177 Å². The number of nitrogens with one attached hydrogen (secondary N) is 2. The molecule has 0 aliphatic rings. The summed E-state index contributed by atoms with van der Waals surface area (Å²) in [5.41, 5.74) is 14.9. The maximum Gasteiger partial charge on any atom is 0.267 e. The number of amides is 1. The molecule has 0 saturated carbocycles. The van der Waals surface area contributed by atoms with E-state index in [-0.39, 0.29) is 11.9 Å². The molecule has 0 atom stereocenters. The van der Waals surface area contributed by atoms with Gasteiger partial charge in [0, 0.05) is 23.8 Å². The van der Waals surface area contributed by atoms with Crippen molar-refractivity contribution in [1.82, 2.24) is 4.98 Å². The Morgan fingerprint density at radius 2 is 1.93 bits per heavy atom. The summed E-state index contributed by atoms with van der Waals surface area (Å²) in [7, 11) is 0. The van der Waals surface area contributed by atoms with Gasteiger partial charge in [-0.1, -0.05) is 24.3 Å². The van der Waals surface area contributed by atoms with E-state index in [0.29, 0.717) is 22.8 Å². The lowest BCUT2D eigenvalue weighted by molar-refractivity contribution is 0.103. The Hall–Kier alpha value is -3.91. The molecule has 2 heterocycles. The third-order valence-electron chi connectivity index (χ3n) is 4.44. The molecule has 2 aromatic heterocycles. The quantitative estimate of drug-likeness (QED) is 0.279. The first-order valence-electron chi connectivity index (χ1n) is 9.25. The van der Waals surface area contributed by atoms with Crippen molar-refractivity contribution >= 4 is 51.2 Å². The van der Waals surface area contributed by atoms with Crippen LogP contribution in [0.15, 0.2) is 77.2 Å². The lowest BCUT2D eigenvalue weighted by atomic mass is 10.1. The van der Waals surface area contributed by atoms with Crippen LogP contribution in [0.5, 0.6) is 0 Å². The summed E-state index contributed by atoms with van der Waals surface area (Å²) in [4.78, 5) is 21.8. The van der Waals surface area contributed by atoms with Crippen molar-refractivity contribution in [3.8, 4) is 0 Å². The summed E-state index contributed by atoms with van der Waals surface area (Å²) in [6.07, 6.45) is 1.80. The number of nitrogens with two attached hydrogens (primary N) is 2. The van der Waals surface area contributed by atoms with Crippen LogP contribution in [0.4, 0.5) is 17.1 Å². The molecule has 30 heavy (non-hydrogen) atoms. The van der Waals surface area contributed by atoms with Gasteiger partial charge in [0.2, 0.25) is 0 Å². The van der Waals surface area contributed by atoms with Gasteiger partial charge in [0.05, 0.1) is 16.9 Å². The molecule has 6 N–H and O–H groups in total. The fraction of sp³-hybridized carbons (Fsp3) is 0.0455. The third kappa shape index (κ3) is 4.39. The number of hydrogen-bond donors (Lipinski definition) is 4. The molecule has 4 rings (SSSR count). The van der Waals surface area contributed by atoms with E-state index in [4.69, 9.17) is 11.5 Å². The smallest absolute Gasteiger partial charge is 0.267 e. The molecular weight excluding hydrogens is 396 g/mol. The van der Waals surface area contributed by atoms with Gasteiger partial charge in [0.1, 0.15) is 4.88 Å². The molecule has 0 spiro atoms. The summed E-state index contributed by atoms with van der Waals surface area (Å²) in [6.45, 7) is 0.583. The van der Waals surface area contributed by atoms with Crippen LogP contribution in [0.1, 0.15) is 15.2 Å². The van der Waals surface area contributed by atoms with Crippen molar-refractivity contribution in [1.29, 1.82) is 0 Å². The van der Waals surface area contributed by atoms with Crippen LogP contribution in [-0.4, -0.2) is 16.9 Å². The number of thiophene rings is 1. The summed E-state index contributed by atoms with van der Waals surface area (Å²) in [6, 6.07) is 18.9. The molecule has 2 aromatic carbocycles. The van der Waals surface area contributed by atoms with Crippen molar-refractivity contribution < 1.29 is 4.79 Å². The highest BCUT2D eigenvalue weighted by atomic mass is 32.1. The fourth-order valence-corrected chi connectivity index (χ4v) is 3.88. The molecule has 0 aliphatic carbocycles. The molecule has 0 bridgehead atoms. The highest BCUT2D eigenvalue weighted by molar-refractivity contribution is 7.12. The van der Waals surface area contributed by atoms with Crippen molar-refractivity contribution in [2.45, 2.75) is 6.54 Å². The Morgan fingerprint density at radius 1 is 1.07 bits per heavy atom. The van der Waals surface area contributed by atoms with E-state index < -0.39 is 0 Å². The number of aliphatic imine (C=N–C) groups is 1. The predicted molar refractivity (Wildman–Crippen MR) is 123 cm³/mol. The highest BCUT2D eigenvalue weighted by Crippen LogP contribution is 2.26. The van der Waals surface area contributed by atoms with E-state index in [1.165, 1.54) is 11.3 Å². The molecule has 0 fully saturated rings. The summed E-state index contributed by atoms with van der Waals surface area (Å²) in [5, 5.41) is 9.24. The van der Waals surface area contributed by atoms with E-state index in [9.17, 15) is 4.79 Å². The summed E-state index contributed by atoms with van der Waals surface area (Å²) >= 11 is 1.38. The minimum Gasteiger partial charge on any atom is -0.380 e. The second kappa shape index (κ2) is 8.62. The lowest BCUT2D eigenvalue weighted by Crippen LogP contribution is -2.21. The van der Waals surface area contributed by atoms with Crippen LogP contribution in [0.25, 0.3) is 10.9 Å². The van der Waals surface area contributed by atoms with Gasteiger partial charge in [0.25, 0.3) is 5.91 Å². The molecule has 0 aliphatic heterocycles. The highest BCUT2D eigenvalue weighted by Gasteiger charge is 2.14. The zero-order chi connectivity index (χ0) is 20.9. The predicted octanol–water partition coefficient (Wildman–Crippen LogP) is 4.07. The van der Waals surface area contributed by atoms with Gasteiger partial charge in [-0.3, -0.25) is 9.78 Å². The van der Waals surface area contributed by atoms with Crippen molar-refractivity contribution in [2.75, 3.05) is 10.6 Å². The SMILES string of the molecule is NC(N)=Nc1cccc(NC(=O)c2sccc2NCc2ccnc3ccccc23)c1. The Kier molecular flexibility index (Phi) is 5.58. The van der Waals surface area contributed by atoms with Gasteiger partial charge in [-0.05, 0) is 47.3 Å². The second-order valence-corrected chi connectivity index (χ2v) is 7.46. The zero-order valence-corrected chi connectivity index (χ0v) is 16.8. The van der Waals surface area contributed by atoms with Crippen molar-refractivity contribution in [2.24, 2.45) is 16.5 Å². The van der Waals surface area contributed by atoms with E-state index >= 15 is 0 Å². The average Bonchev–Trinajstić information content (AvgIpc) is 3.21. The Balaban J connectivity index is 1.49. The number of anilines is 2. The number of carbonyl (C=O) groups excluding carboxylic acids is 1. The molecule has 0 saturated heterocycles. The maximum absolute atomic E-state index is 12.8. The van der Waals surface area contributed by atoms with Crippen molar-refractivity contribution in [3.63, 3.8) is 0 Å². The van der Waals surface area contributed by atoms with Crippen LogP contribution in [0.3, 0.4) is 0 Å². The number of rotatable bonds is 6. The first-order chi connectivity index (χ1) is 14.6. The second-order valence-electron chi connectivity index (χ2n) is 6.55. The van der Waals surface area contributed by atoms with E-state index in [0.717, 1.165) is 22.2 Å². The minimum absolute atomic E-state index is 0.0353. The number of fused-ring (bicyclic) bond motifs is 1. The molecule has 150 valence electrons. The van der Waals surface area contributed by atoms with Crippen molar-refractivity contribution in [3.05, 3.63) is 82.7 Å². The third-order valence-corrected chi connectivity index (χ3v) is 5.36. The van der Waals surface area contributed by atoms with Crippen LogP contribution in [0, 0.1) is 0 Å². The molecule has 0 unspecified atom stereocenters. The molecule has 8 heteroatoms. The summed E-state index contributed by atoms with van der Waals surface area (Å²) < 4.78 is 0. The first kappa shape index (κ1) is 19.4. The van der Waals surface area contributed by atoms with Crippen LogP contribution in [0.2, 0.25) is 0 Å². The first-order valence-corrected chi connectivity index (χ1v) is 10.1. The minimum atomic E-state index is -0.200. The van der Waals surface area contributed by atoms with Gasteiger partial charge >= 0.3 is 0 Å². The Morgan fingerprint density at radius 3 is 2.80 bits per heavy atom. The number of carbonyl (C=O) groups is 1. The van der Waals surface area contributed by atoms with Gasteiger partial charge in [-0.25, -0.2) is 4.99 Å². The number of aromatic nitrogens is 1.